The quantitative estimate of drug-likeness (QED) is 0.424. The minimum Gasteiger partial charge on any atom is -0.480 e. The zero-order chi connectivity index (χ0) is 22.8. The van der Waals surface area contributed by atoms with E-state index in [9.17, 15) is 24.6 Å². The molecule has 0 radical (unpaired) electrons. The van der Waals surface area contributed by atoms with E-state index < -0.39 is 36.5 Å². The van der Waals surface area contributed by atoms with Gasteiger partial charge in [-0.3, -0.25) is 4.79 Å². The van der Waals surface area contributed by atoms with Gasteiger partial charge >= 0.3 is 12.1 Å². The van der Waals surface area contributed by atoms with Gasteiger partial charge < -0.3 is 25.6 Å². The van der Waals surface area contributed by atoms with Crippen LogP contribution in [0.2, 0.25) is 10.0 Å². The highest BCUT2D eigenvalue weighted by atomic mass is 35.5. The topological polar surface area (TPSA) is 125 Å². The molecule has 2 aromatic rings. The second kappa shape index (κ2) is 12.1. The van der Waals surface area contributed by atoms with Gasteiger partial charge in [0.1, 0.15) is 12.6 Å². The molecule has 0 saturated carbocycles. The van der Waals surface area contributed by atoms with Crippen molar-refractivity contribution in [3.63, 3.8) is 0 Å². The summed E-state index contributed by atoms with van der Waals surface area (Å²) in [5, 5.41) is 24.7. The van der Waals surface area contributed by atoms with Crippen molar-refractivity contribution < 1.29 is 29.3 Å². The number of carboxylic acid groups (broad SMARTS) is 1. The van der Waals surface area contributed by atoms with Gasteiger partial charge in [-0.2, -0.15) is 0 Å². The Hall–Kier alpha value is -2.81. The number of aliphatic hydroxyl groups excluding tert-OH is 1. The first-order valence-electron chi connectivity index (χ1n) is 9.33. The van der Waals surface area contributed by atoms with E-state index in [1.165, 1.54) is 6.07 Å². The van der Waals surface area contributed by atoms with Crippen LogP contribution in [0.1, 0.15) is 17.5 Å². The first-order chi connectivity index (χ1) is 14.7. The maximum Gasteiger partial charge on any atom is 0.407 e. The Labute approximate surface area is 189 Å². The van der Waals surface area contributed by atoms with E-state index in [-0.39, 0.29) is 24.6 Å². The van der Waals surface area contributed by atoms with Crippen LogP contribution in [-0.2, 0) is 27.4 Å². The van der Waals surface area contributed by atoms with Crippen molar-refractivity contribution >= 4 is 41.2 Å². The van der Waals surface area contributed by atoms with Crippen molar-refractivity contribution in [2.24, 2.45) is 0 Å². The van der Waals surface area contributed by atoms with Crippen molar-refractivity contribution in [3.8, 4) is 0 Å². The minimum absolute atomic E-state index is 0.0583. The van der Waals surface area contributed by atoms with E-state index in [0.29, 0.717) is 10.6 Å². The summed E-state index contributed by atoms with van der Waals surface area (Å²) in [5.74, 6) is -1.94. The molecule has 0 aliphatic heterocycles. The van der Waals surface area contributed by atoms with Gasteiger partial charge in [-0.15, -0.1) is 0 Å². The average molecular weight is 469 g/mol. The molecular formula is C21H22Cl2N2O6. The number of hydrogen-bond acceptors (Lipinski definition) is 5. The third-order valence-corrected chi connectivity index (χ3v) is 4.78. The van der Waals surface area contributed by atoms with Crippen LogP contribution in [0.3, 0.4) is 0 Å². The van der Waals surface area contributed by atoms with E-state index in [4.69, 9.17) is 27.9 Å². The lowest BCUT2D eigenvalue weighted by Crippen LogP contribution is -2.44. The number of aliphatic carboxylic acids is 1. The van der Waals surface area contributed by atoms with Gasteiger partial charge in [-0.05, 0) is 23.3 Å². The highest BCUT2D eigenvalue weighted by molar-refractivity contribution is 6.35. The number of benzene rings is 2. The Morgan fingerprint density at radius 3 is 2.42 bits per heavy atom. The van der Waals surface area contributed by atoms with E-state index in [1.807, 2.05) is 18.2 Å². The van der Waals surface area contributed by atoms with Gasteiger partial charge in [0, 0.05) is 23.0 Å². The average Bonchev–Trinajstić information content (AvgIpc) is 2.72. The molecule has 0 aliphatic carbocycles. The number of rotatable bonds is 10. The van der Waals surface area contributed by atoms with E-state index >= 15 is 0 Å². The SMILES string of the molecule is O=C(C[C@@H](O)CNC(=O)OCc1ccccc1)N[C@@H](Cc1ccc(Cl)cc1Cl)C(=O)O. The van der Waals surface area contributed by atoms with Crippen LogP contribution in [0, 0.1) is 0 Å². The summed E-state index contributed by atoms with van der Waals surface area (Å²) in [6.07, 6.45) is -2.43. The molecule has 166 valence electrons. The second-order valence-electron chi connectivity index (χ2n) is 6.70. The zero-order valence-electron chi connectivity index (χ0n) is 16.4. The largest absolute Gasteiger partial charge is 0.480 e. The number of carbonyl (C=O) groups excluding carboxylic acids is 2. The van der Waals surface area contributed by atoms with Crippen LogP contribution in [0.25, 0.3) is 0 Å². The second-order valence-corrected chi connectivity index (χ2v) is 7.54. The number of ether oxygens (including phenoxy) is 1. The Bertz CT molecular complexity index is 910. The molecule has 0 unspecified atom stereocenters. The third-order valence-electron chi connectivity index (χ3n) is 4.19. The molecule has 0 saturated heterocycles. The fourth-order valence-corrected chi connectivity index (χ4v) is 3.11. The molecule has 0 heterocycles. The van der Waals surface area contributed by atoms with Crippen LogP contribution in [0.15, 0.2) is 48.5 Å². The third kappa shape index (κ3) is 8.84. The summed E-state index contributed by atoms with van der Waals surface area (Å²) in [6.45, 7) is -0.168. The minimum atomic E-state index is -1.25. The van der Waals surface area contributed by atoms with Crippen LogP contribution < -0.4 is 10.6 Å². The Kier molecular flexibility index (Phi) is 9.58. The van der Waals surface area contributed by atoms with E-state index in [2.05, 4.69) is 10.6 Å². The smallest absolute Gasteiger partial charge is 0.407 e. The van der Waals surface area contributed by atoms with Crippen molar-refractivity contribution in [3.05, 3.63) is 69.7 Å². The predicted molar refractivity (Wildman–Crippen MR) is 115 cm³/mol. The highest BCUT2D eigenvalue weighted by Crippen LogP contribution is 2.22. The molecule has 2 atom stereocenters. The maximum absolute atomic E-state index is 12.1. The summed E-state index contributed by atoms with van der Waals surface area (Å²) in [4.78, 5) is 35.3. The highest BCUT2D eigenvalue weighted by Gasteiger charge is 2.23. The molecule has 0 aliphatic rings. The number of hydrogen-bond donors (Lipinski definition) is 4. The summed E-state index contributed by atoms with van der Waals surface area (Å²) in [5.41, 5.74) is 1.31. The summed E-state index contributed by atoms with van der Waals surface area (Å²) in [6, 6.07) is 12.4. The van der Waals surface area contributed by atoms with Crippen LogP contribution in [0.4, 0.5) is 4.79 Å². The Morgan fingerprint density at radius 2 is 1.77 bits per heavy atom. The molecule has 0 fully saturated rings. The van der Waals surface area contributed by atoms with Crippen molar-refractivity contribution in [1.82, 2.24) is 10.6 Å². The first-order valence-corrected chi connectivity index (χ1v) is 10.1. The molecule has 2 aromatic carbocycles. The number of nitrogens with one attached hydrogen (secondary N) is 2. The van der Waals surface area contributed by atoms with Gasteiger partial charge in [-0.25, -0.2) is 9.59 Å². The van der Waals surface area contributed by atoms with Crippen molar-refractivity contribution in [1.29, 1.82) is 0 Å². The summed E-state index contributed by atoms with van der Waals surface area (Å²) in [7, 11) is 0. The molecule has 31 heavy (non-hydrogen) atoms. The van der Waals surface area contributed by atoms with Gasteiger partial charge in [0.2, 0.25) is 5.91 Å². The number of carboxylic acids is 1. The fourth-order valence-electron chi connectivity index (χ4n) is 2.62. The molecule has 0 aromatic heterocycles. The molecule has 2 rings (SSSR count). The predicted octanol–water partition coefficient (Wildman–Crippen LogP) is 2.78. The molecule has 0 bridgehead atoms. The van der Waals surface area contributed by atoms with Crippen molar-refractivity contribution in [2.75, 3.05) is 6.54 Å². The van der Waals surface area contributed by atoms with Gasteiger partial charge in [0.25, 0.3) is 0 Å². The first kappa shape index (κ1) is 24.5. The molecule has 4 N–H and O–H groups in total. The molecule has 10 heteroatoms. The molecular weight excluding hydrogens is 447 g/mol. The Balaban J connectivity index is 1.77. The normalized spacial score (nSPS) is 12.5. The molecule has 2 amide bonds. The number of alkyl carbamates (subject to hydrolysis) is 1. The molecule has 0 spiro atoms. The monoisotopic (exact) mass is 468 g/mol. The van der Waals surface area contributed by atoms with Crippen LogP contribution in [0.5, 0.6) is 0 Å². The lowest BCUT2D eigenvalue weighted by molar-refractivity contribution is -0.142. The number of halogens is 2. The lowest BCUT2D eigenvalue weighted by Gasteiger charge is -2.17. The van der Waals surface area contributed by atoms with E-state index in [1.54, 1.807) is 24.3 Å². The number of aliphatic hydroxyl groups is 1. The zero-order valence-corrected chi connectivity index (χ0v) is 17.9. The Morgan fingerprint density at radius 1 is 1.06 bits per heavy atom. The van der Waals surface area contributed by atoms with Crippen molar-refractivity contribution in [2.45, 2.75) is 31.6 Å². The number of amides is 2. The molecule has 8 nitrogen and oxygen atoms in total. The standard InChI is InChI=1S/C21H22Cl2N2O6/c22-15-7-6-14(17(23)9-15)8-18(20(28)29)25-19(27)10-16(26)11-24-21(30)31-12-13-4-2-1-3-5-13/h1-7,9,16,18,26H,8,10-12H2,(H,24,30)(H,25,27)(H,28,29)/t16-,18+/m1/s1. The van der Waals surface area contributed by atoms with Crippen LogP contribution in [-0.4, -0.2) is 46.9 Å². The van der Waals surface area contributed by atoms with Crippen LogP contribution >= 0.6 is 23.2 Å². The maximum atomic E-state index is 12.1. The fraction of sp³-hybridized carbons (Fsp3) is 0.286. The van der Waals surface area contributed by atoms with E-state index in [0.717, 1.165) is 5.56 Å². The van der Waals surface area contributed by atoms with Gasteiger partial charge in [-0.1, -0.05) is 59.6 Å². The lowest BCUT2D eigenvalue weighted by atomic mass is 10.1. The van der Waals surface area contributed by atoms with Gasteiger partial charge in [0.15, 0.2) is 0 Å². The summed E-state index contributed by atoms with van der Waals surface area (Å²) < 4.78 is 5.00. The summed E-state index contributed by atoms with van der Waals surface area (Å²) >= 11 is 11.9. The van der Waals surface area contributed by atoms with Gasteiger partial charge in [0.05, 0.1) is 12.5 Å². The number of carbonyl (C=O) groups is 3.